The first-order chi connectivity index (χ1) is 15.5. The number of hydrogen-bond acceptors (Lipinski definition) is 7. The first-order valence-corrected chi connectivity index (χ1v) is 11.9. The summed E-state index contributed by atoms with van der Waals surface area (Å²) in [6.45, 7) is 4.21. The third-order valence-corrected chi connectivity index (χ3v) is 6.82. The first kappa shape index (κ1) is 22.0. The van der Waals surface area contributed by atoms with Crippen molar-refractivity contribution in [3.05, 3.63) is 63.3 Å². The van der Waals surface area contributed by atoms with Gasteiger partial charge in [0.2, 0.25) is 5.91 Å². The molecule has 4 aromatic rings. The van der Waals surface area contributed by atoms with Crippen molar-refractivity contribution in [2.75, 3.05) is 13.7 Å². The van der Waals surface area contributed by atoms with Crippen molar-refractivity contribution in [3.63, 3.8) is 0 Å². The van der Waals surface area contributed by atoms with Crippen molar-refractivity contribution in [2.45, 2.75) is 26.4 Å². The molecule has 0 saturated heterocycles. The Hall–Kier alpha value is -3.17. The second-order valence-corrected chi connectivity index (χ2v) is 8.92. The highest BCUT2D eigenvalue weighted by molar-refractivity contribution is 7.18. The summed E-state index contributed by atoms with van der Waals surface area (Å²) >= 11 is 3.00. The fourth-order valence-electron chi connectivity index (χ4n) is 3.45. The van der Waals surface area contributed by atoms with Crippen LogP contribution in [0.15, 0.2) is 52.2 Å². The van der Waals surface area contributed by atoms with Crippen LogP contribution in [0.25, 0.3) is 20.7 Å². The van der Waals surface area contributed by atoms with Crippen LogP contribution in [0.3, 0.4) is 0 Å². The number of thiophene rings is 2. The number of nitrogens with one attached hydrogen (secondary N) is 1. The Bertz CT molecular complexity index is 1290. The van der Waals surface area contributed by atoms with Gasteiger partial charge in [-0.15, -0.1) is 22.7 Å². The zero-order chi connectivity index (χ0) is 22.7. The van der Waals surface area contributed by atoms with E-state index in [1.165, 1.54) is 22.2 Å². The number of amides is 1. The van der Waals surface area contributed by atoms with Crippen LogP contribution in [-0.2, 0) is 11.3 Å². The molecule has 0 aliphatic carbocycles. The van der Waals surface area contributed by atoms with Gasteiger partial charge in [-0.05, 0) is 43.0 Å². The highest BCUT2D eigenvalue weighted by atomic mass is 32.1. The van der Waals surface area contributed by atoms with E-state index in [0.29, 0.717) is 28.3 Å². The molecule has 0 saturated carbocycles. The van der Waals surface area contributed by atoms with Gasteiger partial charge >= 0.3 is 0 Å². The Morgan fingerprint density at radius 2 is 2.09 bits per heavy atom. The molecule has 1 N–H and O–H groups in total. The highest BCUT2D eigenvalue weighted by Gasteiger charge is 2.17. The molecule has 4 rings (SSSR count). The molecule has 1 atom stereocenters. The average molecular weight is 470 g/mol. The van der Waals surface area contributed by atoms with Gasteiger partial charge in [-0.25, -0.2) is 4.98 Å². The fraction of sp³-hybridized carbons (Fsp3) is 0.261. The number of hydrogen-bond donors (Lipinski definition) is 1. The van der Waals surface area contributed by atoms with Gasteiger partial charge in [-0.3, -0.25) is 14.2 Å². The van der Waals surface area contributed by atoms with Crippen LogP contribution in [0, 0.1) is 0 Å². The molecule has 0 fully saturated rings. The molecule has 0 radical (unpaired) electrons. The number of rotatable bonds is 8. The summed E-state index contributed by atoms with van der Waals surface area (Å²) in [5, 5.41) is 7.41. The van der Waals surface area contributed by atoms with Crippen LogP contribution in [0.5, 0.6) is 11.5 Å². The van der Waals surface area contributed by atoms with Crippen molar-refractivity contribution >= 4 is 38.8 Å². The minimum absolute atomic E-state index is 0.111. The largest absolute Gasteiger partial charge is 0.493 e. The lowest BCUT2D eigenvalue weighted by atomic mass is 10.1. The summed E-state index contributed by atoms with van der Waals surface area (Å²) in [5.74, 6) is 0.983. The van der Waals surface area contributed by atoms with Gasteiger partial charge in [0.1, 0.15) is 11.4 Å². The molecule has 32 heavy (non-hydrogen) atoms. The van der Waals surface area contributed by atoms with E-state index in [4.69, 9.17) is 9.47 Å². The van der Waals surface area contributed by atoms with Crippen LogP contribution >= 0.6 is 22.7 Å². The Labute approximate surface area is 193 Å². The summed E-state index contributed by atoms with van der Waals surface area (Å²) in [6.07, 6.45) is 1.43. The van der Waals surface area contributed by atoms with Crippen molar-refractivity contribution in [3.8, 4) is 21.9 Å². The molecule has 0 spiro atoms. The Kier molecular flexibility index (Phi) is 6.57. The van der Waals surface area contributed by atoms with Crippen LogP contribution in [0.2, 0.25) is 0 Å². The smallest absolute Gasteiger partial charge is 0.263 e. The lowest BCUT2D eigenvalue weighted by Crippen LogP contribution is -2.33. The number of aromatic nitrogens is 2. The van der Waals surface area contributed by atoms with Crippen LogP contribution in [-0.4, -0.2) is 29.2 Å². The van der Waals surface area contributed by atoms with Gasteiger partial charge in [-0.2, -0.15) is 0 Å². The summed E-state index contributed by atoms with van der Waals surface area (Å²) in [4.78, 5) is 31.9. The maximum atomic E-state index is 13.1. The van der Waals surface area contributed by atoms with Gasteiger partial charge in [0, 0.05) is 15.8 Å². The number of carbonyl (C=O) groups excluding carboxylic acids is 1. The second-order valence-electron chi connectivity index (χ2n) is 7.12. The lowest BCUT2D eigenvalue weighted by Gasteiger charge is -2.17. The zero-order valence-corrected chi connectivity index (χ0v) is 19.6. The first-order valence-electron chi connectivity index (χ1n) is 10.1. The van der Waals surface area contributed by atoms with Gasteiger partial charge in [0.05, 0.1) is 31.5 Å². The molecule has 7 nitrogen and oxygen atoms in total. The number of benzene rings is 1. The SMILES string of the molecule is CCOc1ccc(C(C)NC(=O)Cn2cnc3scc(-c4cccs4)c3c2=O)cc1OC. The predicted octanol–water partition coefficient (Wildman–Crippen LogP) is 4.47. The molecule has 3 aromatic heterocycles. The highest BCUT2D eigenvalue weighted by Crippen LogP contribution is 2.33. The molecular weight excluding hydrogens is 446 g/mol. The van der Waals surface area contributed by atoms with Crippen molar-refractivity contribution < 1.29 is 14.3 Å². The predicted molar refractivity (Wildman–Crippen MR) is 128 cm³/mol. The van der Waals surface area contributed by atoms with Gasteiger partial charge in [-0.1, -0.05) is 12.1 Å². The van der Waals surface area contributed by atoms with Crippen molar-refractivity contribution in [1.29, 1.82) is 0 Å². The molecule has 166 valence electrons. The maximum Gasteiger partial charge on any atom is 0.263 e. The van der Waals surface area contributed by atoms with E-state index in [-0.39, 0.29) is 24.1 Å². The van der Waals surface area contributed by atoms with Crippen LogP contribution in [0.1, 0.15) is 25.5 Å². The summed E-state index contributed by atoms with van der Waals surface area (Å²) in [7, 11) is 1.58. The normalized spacial score (nSPS) is 12.0. The monoisotopic (exact) mass is 469 g/mol. The van der Waals surface area contributed by atoms with Gasteiger partial charge < -0.3 is 14.8 Å². The molecule has 9 heteroatoms. The quantitative estimate of drug-likeness (QED) is 0.412. The Morgan fingerprint density at radius 1 is 1.25 bits per heavy atom. The number of fused-ring (bicyclic) bond motifs is 1. The number of nitrogens with zero attached hydrogens (tertiary/aromatic N) is 2. The van der Waals surface area contributed by atoms with E-state index in [1.54, 1.807) is 18.4 Å². The maximum absolute atomic E-state index is 13.1. The molecule has 3 heterocycles. The van der Waals surface area contributed by atoms with Gasteiger partial charge in [0.15, 0.2) is 11.5 Å². The third-order valence-electron chi connectivity index (χ3n) is 5.03. The molecule has 1 amide bonds. The second kappa shape index (κ2) is 9.54. The van der Waals surface area contributed by atoms with Crippen LogP contribution < -0.4 is 20.3 Å². The summed E-state index contributed by atoms with van der Waals surface area (Å²) < 4.78 is 12.3. The fourth-order valence-corrected chi connectivity index (χ4v) is 5.17. The topological polar surface area (TPSA) is 82.5 Å². The molecule has 0 bridgehead atoms. The molecule has 0 aliphatic rings. The van der Waals surface area contributed by atoms with Crippen molar-refractivity contribution in [2.24, 2.45) is 0 Å². The molecule has 0 aliphatic heterocycles. The average Bonchev–Trinajstić information content (AvgIpc) is 3.46. The van der Waals surface area contributed by atoms with E-state index in [0.717, 1.165) is 16.0 Å². The number of methoxy groups -OCH3 is 1. The molecular formula is C23H23N3O4S2. The van der Waals surface area contributed by atoms with E-state index in [1.807, 2.05) is 54.9 Å². The Balaban J connectivity index is 1.52. The molecule has 1 aromatic carbocycles. The minimum atomic E-state index is -0.276. The molecule has 1 unspecified atom stereocenters. The summed E-state index contributed by atoms with van der Waals surface area (Å²) in [5.41, 5.74) is 1.52. The van der Waals surface area contributed by atoms with E-state index in [9.17, 15) is 9.59 Å². The zero-order valence-electron chi connectivity index (χ0n) is 18.0. The summed E-state index contributed by atoms with van der Waals surface area (Å²) in [6, 6.07) is 9.20. The standard InChI is InChI=1S/C23H23N3O4S2/c1-4-30-17-8-7-15(10-18(17)29-3)14(2)25-20(27)11-26-13-24-22-21(23(26)28)16(12-32-22)19-6-5-9-31-19/h5-10,12-14H,4,11H2,1-3H3,(H,25,27). The van der Waals surface area contributed by atoms with E-state index < -0.39 is 0 Å². The van der Waals surface area contributed by atoms with E-state index >= 15 is 0 Å². The lowest BCUT2D eigenvalue weighted by molar-refractivity contribution is -0.122. The third kappa shape index (κ3) is 4.39. The minimum Gasteiger partial charge on any atom is -0.493 e. The van der Waals surface area contributed by atoms with E-state index in [2.05, 4.69) is 10.3 Å². The Morgan fingerprint density at radius 3 is 2.81 bits per heavy atom. The van der Waals surface area contributed by atoms with Crippen molar-refractivity contribution in [1.82, 2.24) is 14.9 Å². The van der Waals surface area contributed by atoms with Gasteiger partial charge in [0.25, 0.3) is 5.56 Å². The number of ether oxygens (including phenoxy) is 2. The number of carbonyl (C=O) groups is 1. The van der Waals surface area contributed by atoms with Crippen LogP contribution in [0.4, 0.5) is 0 Å².